The molecular formula is C19H19NO5. The number of hydroxylamine groups is 1. The standard InChI is InChI=1S/C19H19NO5/c1-12-6-8-14(9-7-12)25-15-5-3-4-13(10-15)19(18(22)24-2)11-16(19)17(21)20-23/h3-10,16,23H,11H2,1-2H3,(H,20,21)/t16-,19-/m0/s1. The lowest BCUT2D eigenvalue weighted by atomic mass is 9.92. The summed E-state index contributed by atoms with van der Waals surface area (Å²) >= 11 is 0. The minimum atomic E-state index is -1.09. The van der Waals surface area contributed by atoms with Gasteiger partial charge in [0.2, 0.25) is 5.91 Å². The van der Waals surface area contributed by atoms with E-state index < -0.39 is 23.2 Å². The molecule has 0 aliphatic heterocycles. The zero-order valence-corrected chi connectivity index (χ0v) is 14.0. The second kappa shape index (κ2) is 6.57. The normalized spacial score (nSPS) is 21.3. The third-order valence-electron chi connectivity index (χ3n) is 4.54. The maximum absolute atomic E-state index is 12.3. The molecule has 2 aromatic rings. The van der Waals surface area contributed by atoms with Crippen molar-refractivity contribution in [1.29, 1.82) is 0 Å². The number of carbonyl (C=O) groups is 2. The van der Waals surface area contributed by atoms with Crippen LogP contribution in [0.3, 0.4) is 0 Å². The van der Waals surface area contributed by atoms with Crippen LogP contribution >= 0.6 is 0 Å². The van der Waals surface area contributed by atoms with E-state index in [0.717, 1.165) is 5.56 Å². The minimum absolute atomic E-state index is 0.278. The van der Waals surface area contributed by atoms with Crippen molar-refractivity contribution in [1.82, 2.24) is 5.48 Å². The fourth-order valence-corrected chi connectivity index (χ4v) is 3.08. The van der Waals surface area contributed by atoms with E-state index in [0.29, 0.717) is 17.1 Å². The van der Waals surface area contributed by atoms with Gasteiger partial charge in [0.1, 0.15) is 16.9 Å². The highest BCUT2D eigenvalue weighted by molar-refractivity contribution is 5.97. The van der Waals surface area contributed by atoms with Gasteiger partial charge in [-0.05, 0) is 43.2 Å². The van der Waals surface area contributed by atoms with Gasteiger partial charge < -0.3 is 9.47 Å². The molecule has 0 radical (unpaired) electrons. The number of ether oxygens (including phenoxy) is 2. The van der Waals surface area contributed by atoms with E-state index in [4.69, 9.17) is 14.7 Å². The Morgan fingerprint density at radius 1 is 1.16 bits per heavy atom. The summed E-state index contributed by atoms with van der Waals surface area (Å²) in [4.78, 5) is 24.1. The maximum Gasteiger partial charge on any atom is 0.317 e. The smallest absolute Gasteiger partial charge is 0.317 e. The van der Waals surface area contributed by atoms with Crippen molar-refractivity contribution in [3.8, 4) is 11.5 Å². The van der Waals surface area contributed by atoms with Crippen LogP contribution in [0.1, 0.15) is 17.5 Å². The largest absolute Gasteiger partial charge is 0.468 e. The van der Waals surface area contributed by atoms with Crippen molar-refractivity contribution in [2.45, 2.75) is 18.8 Å². The molecule has 2 atom stereocenters. The molecule has 1 aliphatic rings. The van der Waals surface area contributed by atoms with Gasteiger partial charge in [-0.1, -0.05) is 29.8 Å². The predicted molar refractivity (Wildman–Crippen MR) is 89.4 cm³/mol. The van der Waals surface area contributed by atoms with Gasteiger partial charge in [0.25, 0.3) is 0 Å². The van der Waals surface area contributed by atoms with Gasteiger partial charge in [0.05, 0.1) is 13.0 Å². The first kappa shape index (κ1) is 17.0. The van der Waals surface area contributed by atoms with Crippen LogP contribution in [0.25, 0.3) is 0 Å². The number of esters is 1. The molecule has 0 saturated heterocycles. The van der Waals surface area contributed by atoms with Crippen molar-refractivity contribution in [2.24, 2.45) is 5.92 Å². The first-order valence-corrected chi connectivity index (χ1v) is 7.88. The van der Waals surface area contributed by atoms with Gasteiger partial charge in [-0.25, -0.2) is 5.48 Å². The van der Waals surface area contributed by atoms with Crippen LogP contribution in [0, 0.1) is 12.8 Å². The van der Waals surface area contributed by atoms with Crippen LogP contribution in [0.15, 0.2) is 48.5 Å². The fraction of sp³-hybridized carbons (Fsp3) is 0.263. The summed E-state index contributed by atoms with van der Waals surface area (Å²) in [5.41, 5.74) is 2.27. The van der Waals surface area contributed by atoms with Crippen molar-refractivity contribution in [3.63, 3.8) is 0 Å². The van der Waals surface area contributed by atoms with Gasteiger partial charge >= 0.3 is 5.97 Å². The molecule has 1 saturated carbocycles. The number of aryl methyl sites for hydroxylation is 1. The Balaban J connectivity index is 1.90. The molecule has 1 fully saturated rings. The number of hydrogen-bond acceptors (Lipinski definition) is 5. The number of nitrogens with one attached hydrogen (secondary N) is 1. The Hall–Kier alpha value is -2.86. The van der Waals surface area contributed by atoms with E-state index in [-0.39, 0.29) is 6.42 Å². The van der Waals surface area contributed by atoms with Crippen molar-refractivity contribution < 1.29 is 24.3 Å². The van der Waals surface area contributed by atoms with Gasteiger partial charge in [0, 0.05) is 0 Å². The van der Waals surface area contributed by atoms with Crippen molar-refractivity contribution >= 4 is 11.9 Å². The number of carbonyl (C=O) groups excluding carboxylic acids is 2. The number of amides is 1. The van der Waals surface area contributed by atoms with Crippen LogP contribution in [0.5, 0.6) is 11.5 Å². The molecule has 6 nitrogen and oxygen atoms in total. The summed E-state index contributed by atoms with van der Waals surface area (Å²) < 4.78 is 10.7. The summed E-state index contributed by atoms with van der Waals surface area (Å²) in [5, 5.41) is 8.87. The molecule has 130 valence electrons. The lowest BCUT2D eigenvalue weighted by Crippen LogP contribution is -2.31. The molecule has 0 bridgehead atoms. The molecule has 1 amide bonds. The Labute approximate surface area is 145 Å². The summed E-state index contributed by atoms with van der Waals surface area (Å²) in [6, 6.07) is 14.6. The van der Waals surface area contributed by atoms with Gasteiger partial charge in [-0.2, -0.15) is 0 Å². The van der Waals surface area contributed by atoms with Crippen LogP contribution in [-0.2, 0) is 19.7 Å². The fourth-order valence-electron chi connectivity index (χ4n) is 3.08. The molecule has 0 unspecified atom stereocenters. The quantitative estimate of drug-likeness (QED) is 0.496. The Bertz CT molecular complexity index is 802. The molecule has 0 heterocycles. The molecule has 0 aromatic heterocycles. The molecule has 0 spiro atoms. The average molecular weight is 341 g/mol. The lowest BCUT2D eigenvalue weighted by molar-refractivity contribution is -0.146. The summed E-state index contributed by atoms with van der Waals surface area (Å²) in [6.07, 6.45) is 0.278. The Morgan fingerprint density at radius 3 is 2.52 bits per heavy atom. The van der Waals surface area contributed by atoms with Gasteiger partial charge in [-0.15, -0.1) is 0 Å². The molecular weight excluding hydrogens is 322 g/mol. The number of methoxy groups -OCH3 is 1. The highest BCUT2D eigenvalue weighted by atomic mass is 16.5. The Kier molecular flexibility index (Phi) is 4.46. The first-order valence-electron chi connectivity index (χ1n) is 7.88. The first-order chi connectivity index (χ1) is 12.0. The van der Waals surface area contributed by atoms with Gasteiger partial charge in [0.15, 0.2) is 0 Å². The highest BCUT2D eigenvalue weighted by Gasteiger charge is 2.65. The van der Waals surface area contributed by atoms with Crippen molar-refractivity contribution in [2.75, 3.05) is 7.11 Å². The SMILES string of the molecule is COC(=O)[C@]1(c2cccc(Oc3ccc(C)cc3)c2)C[C@H]1C(=O)NO. The third kappa shape index (κ3) is 3.08. The highest BCUT2D eigenvalue weighted by Crippen LogP contribution is 2.55. The molecule has 2 aromatic carbocycles. The second-order valence-electron chi connectivity index (χ2n) is 6.14. The minimum Gasteiger partial charge on any atom is -0.468 e. The Morgan fingerprint density at radius 2 is 1.88 bits per heavy atom. The summed E-state index contributed by atoms with van der Waals surface area (Å²) in [6.45, 7) is 1.99. The van der Waals surface area contributed by atoms with E-state index >= 15 is 0 Å². The average Bonchev–Trinajstić information content (AvgIpc) is 3.39. The van der Waals surface area contributed by atoms with Gasteiger partial charge in [-0.3, -0.25) is 14.8 Å². The van der Waals surface area contributed by atoms with E-state index in [2.05, 4.69) is 0 Å². The molecule has 3 rings (SSSR count). The molecule has 1 aliphatic carbocycles. The maximum atomic E-state index is 12.3. The number of benzene rings is 2. The number of hydrogen-bond donors (Lipinski definition) is 2. The molecule has 25 heavy (non-hydrogen) atoms. The van der Waals surface area contributed by atoms with E-state index in [1.54, 1.807) is 29.7 Å². The van der Waals surface area contributed by atoms with E-state index in [9.17, 15) is 9.59 Å². The lowest BCUT2D eigenvalue weighted by Gasteiger charge is -2.16. The van der Waals surface area contributed by atoms with Crippen LogP contribution in [0.2, 0.25) is 0 Å². The van der Waals surface area contributed by atoms with E-state index in [1.807, 2.05) is 31.2 Å². The van der Waals surface area contributed by atoms with E-state index in [1.165, 1.54) is 7.11 Å². The summed E-state index contributed by atoms with van der Waals surface area (Å²) in [7, 11) is 1.28. The van der Waals surface area contributed by atoms with Crippen LogP contribution in [-0.4, -0.2) is 24.2 Å². The predicted octanol–water partition coefficient (Wildman–Crippen LogP) is 2.72. The molecule has 2 N–H and O–H groups in total. The second-order valence-corrected chi connectivity index (χ2v) is 6.14. The monoisotopic (exact) mass is 341 g/mol. The summed E-state index contributed by atoms with van der Waals surface area (Å²) in [5.74, 6) is -0.543. The number of rotatable bonds is 5. The zero-order valence-electron chi connectivity index (χ0n) is 14.0. The topological polar surface area (TPSA) is 84.9 Å². The van der Waals surface area contributed by atoms with Crippen LogP contribution in [0.4, 0.5) is 0 Å². The zero-order chi connectivity index (χ0) is 18.0. The van der Waals surface area contributed by atoms with Crippen LogP contribution < -0.4 is 10.2 Å². The van der Waals surface area contributed by atoms with Crippen molar-refractivity contribution in [3.05, 3.63) is 59.7 Å². The third-order valence-corrected chi connectivity index (χ3v) is 4.54. The molecule has 6 heteroatoms.